The summed E-state index contributed by atoms with van der Waals surface area (Å²) < 4.78 is 29.1. The molecule has 0 unspecified atom stereocenters. The average molecular weight is 237 g/mol. The van der Waals surface area contributed by atoms with Gasteiger partial charge in [0.1, 0.15) is 11.6 Å². The lowest BCUT2D eigenvalue weighted by atomic mass is 10.0. The molecule has 1 aromatic heterocycles. The lowest BCUT2D eigenvalue weighted by molar-refractivity contribution is 0.574. The highest BCUT2D eigenvalue weighted by atomic mass is 19.1. The molecule has 2 N–H and O–H groups in total. The van der Waals surface area contributed by atoms with Crippen molar-refractivity contribution < 1.29 is 8.78 Å². The van der Waals surface area contributed by atoms with Gasteiger partial charge in [-0.15, -0.1) is 0 Å². The van der Waals surface area contributed by atoms with Crippen molar-refractivity contribution in [2.45, 2.75) is 13.0 Å². The molecule has 0 amide bonds. The number of halogens is 2. The predicted molar refractivity (Wildman–Crippen MR) is 61.2 cm³/mol. The van der Waals surface area contributed by atoms with E-state index < -0.39 is 17.7 Å². The van der Waals surface area contributed by atoms with Crippen LogP contribution in [0.25, 0.3) is 11.1 Å². The summed E-state index contributed by atoms with van der Waals surface area (Å²) in [4.78, 5) is 0. The molecule has 0 aliphatic rings. The zero-order chi connectivity index (χ0) is 12.6. The maximum Gasteiger partial charge on any atom is 0.131 e. The molecule has 0 bridgehead atoms. The molecule has 5 heteroatoms. The van der Waals surface area contributed by atoms with Gasteiger partial charge >= 0.3 is 0 Å². The Balaban J connectivity index is 2.54. The molecule has 0 spiro atoms. The molecule has 90 valence electrons. The van der Waals surface area contributed by atoms with E-state index in [0.29, 0.717) is 5.56 Å². The van der Waals surface area contributed by atoms with Crippen LogP contribution in [-0.4, -0.2) is 9.78 Å². The van der Waals surface area contributed by atoms with Crippen LogP contribution < -0.4 is 5.73 Å². The summed E-state index contributed by atoms with van der Waals surface area (Å²) in [6.45, 7) is 1.61. The minimum atomic E-state index is -0.535. The molecular formula is C12H13F2N3. The molecule has 0 fully saturated rings. The average Bonchev–Trinajstić information content (AvgIpc) is 2.67. The van der Waals surface area contributed by atoms with Gasteiger partial charge in [0.25, 0.3) is 0 Å². The Hall–Kier alpha value is -1.75. The van der Waals surface area contributed by atoms with Crippen LogP contribution in [0.5, 0.6) is 0 Å². The molecule has 0 aliphatic carbocycles. The van der Waals surface area contributed by atoms with Crippen molar-refractivity contribution in [3.05, 3.63) is 41.7 Å². The monoisotopic (exact) mass is 237 g/mol. The molecule has 1 heterocycles. The highest BCUT2D eigenvalue weighted by Crippen LogP contribution is 2.27. The van der Waals surface area contributed by atoms with Crippen molar-refractivity contribution in [3.8, 4) is 11.1 Å². The van der Waals surface area contributed by atoms with Crippen LogP contribution in [0.2, 0.25) is 0 Å². The fourth-order valence-corrected chi connectivity index (χ4v) is 1.69. The first-order chi connectivity index (χ1) is 7.99. The fraction of sp³-hybridized carbons (Fsp3) is 0.250. The van der Waals surface area contributed by atoms with E-state index in [0.717, 1.165) is 12.1 Å². The first-order valence-corrected chi connectivity index (χ1v) is 5.22. The summed E-state index contributed by atoms with van der Waals surface area (Å²) in [5, 5.41) is 3.92. The molecule has 3 nitrogen and oxygen atoms in total. The normalized spacial score (nSPS) is 12.8. The number of benzene rings is 1. The summed E-state index contributed by atoms with van der Waals surface area (Å²) in [6, 6.07) is 1.76. The Morgan fingerprint density at radius 2 is 2.00 bits per heavy atom. The van der Waals surface area contributed by atoms with Crippen LogP contribution in [0.4, 0.5) is 8.78 Å². The third-order valence-electron chi connectivity index (χ3n) is 2.59. The molecule has 0 aliphatic heterocycles. The quantitative estimate of drug-likeness (QED) is 0.871. The summed E-state index contributed by atoms with van der Waals surface area (Å²) in [5.41, 5.74) is 6.47. The molecule has 1 atom stereocenters. The van der Waals surface area contributed by atoms with Crippen LogP contribution in [-0.2, 0) is 7.05 Å². The third-order valence-corrected chi connectivity index (χ3v) is 2.59. The van der Waals surface area contributed by atoms with Gasteiger partial charge in [0, 0.05) is 36.0 Å². The van der Waals surface area contributed by atoms with Crippen molar-refractivity contribution in [2.24, 2.45) is 12.8 Å². The van der Waals surface area contributed by atoms with Crippen LogP contribution in [0.15, 0.2) is 24.5 Å². The van der Waals surface area contributed by atoms with Gasteiger partial charge in [-0.1, -0.05) is 0 Å². The number of aromatic nitrogens is 2. The molecule has 2 aromatic rings. The summed E-state index contributed by atoms with van der Waals surface area (Å²) in [5.74, 6) is -0.994. The highest BCUT2D eigenvalue weighted by molar-refractivity contribution is 5.63. The zero-order valence-electron chi connectivity index (χ0n) is 9.61. The van der Waals surface area contributed by atoms with Crippen molar-refractivity contribution in [3.63, 3.8) is 0 Å². The molecule has 1 aromatic carbocycles. The van der Waals surface area contributed by atoms with Gasteiger partial charge in [0.15, 0.2) is 0 Å². The second kappa shape index (κ2) is 4.25. The van der Waals surface area contributed by atoms with Gasteiger partial charge in [-0.3, -0.25) is 4.68 Å². The van der Waals surface area contributed by atoms with E-state index in [4.69, 9.17) is 5.73 Å². The second-order valence-electron chi connectivity index (χ2n) is 4.04. The summed E-state index contributed by atoms with van der Waals surface area (Å²) in [7, 11) is 1.72. The Labute approximate surface area is 97.9 Å². The first-order valence-electron chi connectivity index (χ1n) is 5.22. The second-order valence-corrected chi connectivity index (χ2v) is 4.04. The summed E-state index contributed by atoms with van der Waals surface area (Å²) >= 11 is 0. The molecule has 0 saturated heterocycles. The van der Waals surface area contributed by atoms with Gasteiger partial charge in [-0.25, -0.2) is 8.78 Å². The van der Waals surface area contributed by atoms with Crippen molar-refractivity contribution in [2.75, 3.05) is 0 Å². The van der Waals surface area contributed by atoms with Gasteiger partial charge in [-0.05, 0) is 19.1 Å². The number of rotatable bonds is 2. The van der Waals surface area contributed by atoms with Crippen LogP contribution in [0.3, 0.4) is 0 Å². The van der Waals surface area contributed by atoms with E-state index in [-0.39, 0.29) is 11.1 Å². The minimum Gasteiger partial charge on any atom is -0.324 e. The molecular weight excluding hydrogens is 224 g/mol. The molecule has 0 radical (unpaired) electrons. The largest absolute Gasteiger partial charge is 0.324 e. The number of hydrogen-bond donors (Lipinski definition) is 1. The standard InChI is InChI=1S/C12H13F2N3/c1-7(15)9-3-12(14)10(4-11(9)13)8-5-16-17(2)6-8/h3-7H,15H2,1-2H3/t7-/m0/s1. The van der Waals surface area contributed by atoms with Crippen molar-refractivity contribution in [1.82, 2.24) is 9.78 Å². The lowest BCUT2D eigenvalue weighted by Gasteiger charge is -2.09. The Morgan fingerprint density at radius 3 is 2.53 bits per heavy atom. The first kappa shape index (κ1) is 11.7. The highest BCUT2D eigenvalue weighted by Gasteiger charge is 2.14. The van der Waals surface area contributed by atoms with Gasteiger partial charge in [0.2, 0.25) is 0 Å². The number of hydrogen-bond acceptors (Lipinski definition) is 2. The SMILES string of the molecule is C[C@H](N)c1cc(F)c(-c2cnn(C)c2)cc1F. The topological polar surface area (TPSA) is 43.8 Å². The van der Waals surface area contributed by atoms with Crippen LogP contribution >= 0.6 is 0 Å². The van der Waals surface area contributed by atoms with E-state index in [1.165, 1.54) is 10.9 Å². The van der Waals surface area contributed by atoms with E-state index >= 15 is 0 Å². The Morgan fingerprint density at radius 1 is 1.29 bits per heavy atom. The van der Waals surface area contributed by atoms with Gasteiger partial charge < -0.3 is 5.73 Å². The summed E-state index contributed by atoms with van der Waals surface area (Å²) in [6.07, 6.45) is 3.12. The number of aryl methyl sites for hydroxylation is 1. The molecule has 0 saturated carbocycles. The maximum atomic E-state index is 13.8. The Bertz CT molecular complexity index is 547. The van der Waals surface area contributed by atoms with E-state index in [9.17, 15) is 8.78 Å². The van der Waals surface area contributed by atoms with Gasteiger partial charge in [-0.2, -0.15) is 5.10 Å². The Kier molecular flexibility index (Phi) is 2.93. The van der Waals surface area contributed by atoms with E-state index in [1.54, 1.807) is 20.2 Å². The van der Waals surface area contributed by atoms with Crippen molar-refractivity contribution >= 4 is 0 Å². The van der Waals surface area contributed by atoms with Crippen LogP contribution in [0, 0.1) is 11.6 Å². The maximum absolute atomic E-state index is 13.8. The lowest BCUT2D eigenvalue weighted by Crippen LogP contribution is -2.08. The van der Waals surface area contributed by atoms with E-state index in [1.807, 2.05) is 0 Å². The molecule has 17 heavy (non-hydrogen) atoms. The number of nitrogens with zero attached hydrogens (tertiary/aromatic N) is 2. The van der Waals surface area contributed by atoms with E-state index in [2.05, 4.69) is 5.10 Å². The third kappa shape index (κ3) is 2.19. The predicted octanol–water partition coefficient (Wildman–Crippen LogP) is 2.39. The van der Waals surface area contributed by atoms with Gasteiger partial charge in [0.05, 0.1) is 6.20 Å². The molecule has 2 rings (SSSR count). The van der Waals surface area contributed by atoms with Crippen molar-refractivity contribution in [1.29, 1.82) is 0 Å². The zero-order valence-corrected chi connectivity index (χ0v) is 9.61. The van der Waals surface area contributed by atoms with Crippen LogP contribution in [0.1, 0.15) is 18.5 Å². The fourth-order valence-electron chi connectivity index (χ4n) is 1.69. The minimum absolute atomic E-state index is 0.176. The number of nitrogens with two attached hydrogens (primary N) is 1. The smallest absolute Gasteiger partial charge is 0.131 e.